The van der Waals surface area contributed by atoms with Gasteiger partial charge in [0.1, 0.15) is 0 Å². The Bertz CT molecular complexity index is 1200. The van der Waals surface area contributed by atoms with Gasteiger partial charge in [-0.05, 0) is 43.7 Å². The van der Waals surface area contributed by atoms with Gasteiger partial charge in [-0.1, -0.05) is 19.9 Å². The number of rotatable bonds is 6. The molecule has 1 aliphatic heterocycles. The highest BCUT2D eigenvalue weighted by molar-refractivity contribution is 7.91. The number of fused-ring (bicyclic) bond motifs is 1. The van der Waals surface area contributed by atoms with Gasteiger partial charge in [0.05, 0.1) is 39.2 Å². The molecular weight excluding hydrogens is 432 g/mol. The van der Waals surface area contributed by atoms with Gasteiger partial charge in [-0.3, -0.25) is 4.79 Å². The molecule has 1 fully saturated rings. The van der Waals surface area contributed by atoms with Gasteiger partial charge >= 0.3 is 0 Å². The molecule has 0 unspecified atom stereocenters. The van der Waals surface area contributed by atoms with Crippen LogP contribution in [0.2, 0.25) is 0 Å². The number of carbonyl (C=O) groups excluding carboxylic acids is 1. The van der Waals surface area contributed by atoms with E-state index in [0.717, 1.165) is 10.6 Å². The van der Waals surface area contributed by atoms with Gasteiger partial charge in [-0.25, -0.2) is 18.1 Å². The number of aromatic nitrogens is 3. The third-order valence-electron chi connectivity index (χ3n) is 5.53. The zero-order chi connectivity index (χ0) is 22.3. The van der Waals surface area contributed by atoms with Crippen molar-refractivity contribution in [2.75, 3.05) is 18.1 Å². The standard InChI is InChI=1S/C22H28N4O3S2/c1-14(2)12-25(16-7-9-31(28,29)13-16)22(27)17-10-19(20-6-5-8-30-20)24-21-18(17)11-23-26(21)15(3)4/h5-6,8,10-11,14-16H,7,9,12-13H2,1-4H3/t16-/m1/s1. The van der Waals surface area contributed by atoms with Crippen LogP contribution >= 0.6 is 11.3 Å². The van der Waals surface area contributed by atoms with E-state index in [4.69, 9.17) is 4.98 Å². The van der Waals surface area contributed by atoms with E-state index in [9.17, 15) is 13.2 Å². The predicted molar refractivity (Wildman–Crippen MR) is 124 cm³/mol. The first-order chi connectivity index (χ1) is 14.7. The molecular formula is C22H28N4O3S2. The largest absolute Gasteiger partial charge is 0.334 e. The van der Waals surface area contributed by atoms with Crippen molar-refractivity contribution in [3.8, 4) is 10.6 Å². The molecule has 3 aromatic rings. The molecule has 0 aliphatic carbocycles. The molecule has 9 heteroatoms. The van der Waals surface area contributed by atoms with E-state index in [1.165, 1.54) is 0 Å². The highest BCUT2D eigenvalue weighted by Gasteiger charge is 2.36. The maximum atomic E-state index is 13.9. The van der Waals surface area contributed by atoms with E-state index < -0.39 is 9.84 Å². The van der Waals surface area contributed by atoms with Crippen molar-refractivity contribution in [2.45, 2.75) is 46.2 Å². The van der Waals surface area contributed by atoms with Crippen molar-refractivity contribution in [1.82, 2.24) is 19.7 Å². The molecule has 0 radical (unpaired) electrons. The van der Waals surface area contributed by atoms with Crippen LogP contribution in [0.1, 0.15) is 50.5 Å². The van der Waals surface area contributed by atoms with Crippen LogP contribution in [0.25, 0.3) is 21.6 Å². The molecule has 1 atom stereocenters. The van der Waals surface area contributed by atoms with E-state index >= 15 is 0 Å². The highest BCUT2D eigenvalue weighted by atomic mass is 32.2. The minimum Gasteiger partial charge on any atom is -0.334 e. The summed E-state index contributed by atoms with van der Waals surface area (Å²) in [5.74, 6) is 0.240. The lowest BCUT2D eigenvalue weighted by atomic mass is 10.1. The van der Waals surface area contributed by atoms with E-state index in [-0.39, 0.29) is 35.4 Å². The molecule has 1 aliphatic rings. The Morgan fingerprint density at radius 3 is 2.68 bits per heavy atom. The second-order valence-corrected chi connectivity index (χ2v) is 12.0. The van der Waals surface area contributed by atoms with Gasteiger partial charge in [-0.2, -0.15) is 5.10 Å². The van der Waals surface area contributed by atoms with E-state index in [1.54, 1.807) is 22.4 Å². The third-order valence-corrected chi connectivity index (χ3v) is 8.17. The average molecular weight is 461 g/mol. The topological polar surface area (TPSA) is 85.2 Å². The van der Waals surface area contributed by atoms with Crippen molar-refractivity contribution >= 4 is 38.1 Å². The summed E-state index contributed by atoms with van der Waals surface area (Å²) in [5.41, 5.74) is 1.94. The molecule has 0 aromatic carbocycles. The minimum atomic E-state index is -3.11. The fourth-order valence-electron chi connectivity index (χ4n) is 4.09. The monoisotopic (exact) mass is 460 g/mol. The summed E-state index contributed by atoms with van der Waals surface area (Å²) < 4.78 is 26.1. The summed E-state index contributed by atoms with van der Waals surface area (Å²) in [6.07, 6.45) is 2.19. The summed E-state index contributed by atoms with van der Waals surface area (Å²) in [5, 5.41) is 7.18. The first-order valence-corrected chi connectivity index (χ1v) is 13.3. The summed E-state index contributed by atoms with van der Waals surface area (Å²) in [4.78, 5) is 21.4. The molecule has 0 spiro atoms. The number of sulfone groups is 1. The summed E-state index contributed by atoms with van der Waals surface area (Å²) in [7, 11) is -3.11. The van der Waals surface area contributed by atoms with Gasteiger partial charge in [0.15, 0.2) is 15.5 Å². The number of amides is 1. The van der Waals surface area contributed by atoms with Crippen molar-refractivity contribution < 1.29 is 13.2 Å². The molecule has 4 rings (SSSR count). The van der Waals surface area contributed by atoms with E-state index in [0.29, 0.717) is 29.6 Å². The van der Waals surface area contributed by atoms with Crippen molar-refractivity contribution in [3.05, 3.63) is 35.3 Å². The normalized spacial score (nSPS) is 18.3. The van der Waals surface area contributed by atoms with Crippen molar-refractivity contribution in [3.63, 3.8) is 0 Å². The van der Waals surface area contributed by atoms with Crippen LogP contribution in [-0.4, -0.2) is 58.1 Å². The van der Waals surface area contributed by atoms with Crippen LogP contribution in [0.5, 0.6) is 0 Å². The Labute approximate surface area is 187 Å². The van der Waals surface area contributed by atoms with Crippen LogP contribution in [0, 0.1) is 5.92 Å². The first-order valence-electron chi connectivity index (χ1n) is 10.6. The van der Waals surface area contributed by atoms with Crippen LogP contribution in [0.4, 0.5) is 0 Å². The van der Waals surface area contributed by atoms with Crippen LogP contribution in [0.3, 0.4) is 0 Å². The summed E-state index contributed by atoms with van der Waals surface area (Å²) in [6, 6.07) is 5.58. The number of thiophene rings is 1. The van der Waals surface area contributed by atoms with Gasteiger partial charge in [0.2, 0.25) is 0 Å². The van der Waals surface area contributed by atoms with Gasteiger partial charge in [0, 0.05) is 18.6 Å². The lowest BCUT2D eigenvalue weighted by molar-refractivity contribution is 0.0674. The van der Waals surface area contributed by atoms with Gasteiger partial charge in [-0.15, -0.1) is 11.3 Å². The Balaban J connectivity index is 1.85. The Kier molecular flexibility index (Phi) is 5.91. The quantitative estimate of drug-likeness (QED) is 0.554. The predicted octanol–water partition coefficient (Wildman–Crippen LogP) is 4.03. The maximum absolute atomic E-state index is 13.9. The smallest absolute Gasteiger partial charge is 0.255 e. The van der Waals surface area contributed by atoms with Crippen LogP contribution in [-0.2, 0) is 9.84 Å². The molecule has 3 aromatic heterocycles. The molecule has 0 saturated carbocycles. The number of hydrogen-bond acceptors (Lipinski definition) is 6. The molecule has 4 heterocycles. The SMILES string of the molecule is CC(C)CN(C(=O)c1cc(-c2cccs2)nc2c1cnn2C(C)C)[C@@H]1CCS(=O)(=O)C1. The minimum absolute atomic E-state index is 0.0305. The summed E-state index contributed by atoms with van der Waals surface area (Å²) in [6.45, 7) is 8.65. The lowest BCUT2D eigenvalue weighted by Gasteiger charge is -2.30. The Morgan fingerprint density at radius 2 is 2.10 bits per heavy atom. The lowest BCUT2D eigenvalue weighted by Crippen LogP contribution is -2.43. The second-order valence-electron chi connectivity index (χ2n) is 8.86. The second kappa shape index (κ2) is 8.35. The Hall–Kier alpha value is -2.26. The molecule has 31 heavy (non-hydrogen) atoms. The van der Waals surface area contributed by atoms with Gasteiger partial charge < -0.3 is 4.90 Å². The highest BCUT2D eigenvalue weighted by Crippen LogP contribution is 2.31. The Morgan fingerprint density at radius 1 is 1.32 bits per heavy atom. The number of hydrogen-bond donors (Lipinski definition) is 0. The van der Waals surface area contributed by atoms with Crippen LogP contribution in [0.15, 0.2) is 29.8 Å². The maximum Gasteiger partial charge on any atom is 0.255 e. The zero-order valence-electron chi connectivity index (χ0n) is 18.3. The average Bonchev–Trinajstić information content (AvgIpc) is 3.43. The van der Waals surface area contributed by atoms with Crippen molar-refractivity contribution in [1.29, 1.82) is 0 Å². The van der Waals surface area contributed by atoms with E-state index in [1.807, 2.05) is 56.0 Å². The first kappa shape index (κ1) is 22.0. The zero-order valence-corrected chi connectivity index (χ0v) is 19.9. The molecule has 0 N–H and O–H groups in total. The molecule has 7 nitrogen and oxygen atoms in total. The molecule has 1 saturated heterocycles. The van der Waals surface area contributed by atoms with Crippen molar-refractivity contribution in [2.24, 2.45) is 5.92 Å². The van der Waals surface area contributed by atoms with Gasteiger partial charge in [0.25, 0.3) is 5.91 Å². The molecule has 0 bridgehead atoms. The third kappa shape index (κ3) is 4.39. The van der Waals surface area contributed by atoms with Crippen LogP contribution < -0.4 is 0 Å². The summed E-state index contributed by atoms with van der Waals surface area (Å²) >= 11 is 1.57. The number of nitrogens with zero attached hydrogens (tertiary/aromatic N) is 4. The van der Waals surface area contributed by atoms with E-state index in [2.05, 4.69) is 5.10 Å². The molecule has 166 valence electrons. The number of pyridine rings is 1. The number of carbonyl (C=O) groups is 1. The molecule has 1 amide bonds. The fraction of sp³-hybridized carbons (Fsp3) is 0.500. The fourth-order valence-corrected chi connectivity index (χ4v) is 6.51.